The number of hydrogen-bond donors (Lipinski definition) is 14. The summed E-state index contributed by atoms with van der Waals surface area (Å²) in [6.45, 7) is 9.10. The maximum atomic E-state index is 13.7. The first-order valence-corrected chi connectivity index (χ1v) is 21.6. The van der Waals surface area contributed by atoms with Crippen LogP contribution in [0, 0.1) is 17.8 Å². The van der Waals surface area contributed by atoms with Crippen LogP contribution in [-0.2, 0) is 47.9 Å². The first-order valence-electron chi connectivity index (χ1n) is 21.6. The van der Waals surface area contributed by atoms with E-state index in [0.29, 0.717) is 19.3 Å². The van der Waals surface area contributed by atoms with Crippen molar-refractivity contribution in [1.82, 2.24) is 42.1 Å². The summed E-state index contributed by atoms with van der Waals surface area (Å²) in [5, 5.41) is 65.4. The van der Waals surface area contributed by atoms with Gasteiger partial charge in [-0.2, -0.15) is 0 Å². The number of likely N-dealkylation sites (tertiary alicyclic amines) is 1. The van der Waals surface area contributed by atoms with Gasteiger partial charge in [0, 0.05) is 6.54 Å². The molecule has 370 valence electrons. The normalized spacial score (nSPS) is 17.9. The van der Waals surface area contributed by atoms with Gasteiger partial charge in [-0.15, -0.1) is 0 Å². The lowest BCUT2D eigenvalue weighted by atomic mass is 9.99. The topological polar surface area (TPSA) is 411 Å². The molecule has 65 heavy (non-hydrogen) atoms. The second-order valence-electron chi connectivity index (χ2n) is 17.0. The van der Waals surface area contributed by atoms with Gasteiger partial charge in [0.05, 0.1) is 25.7 Å². The molecule has 0 aromatic carbocycles. The molecular formula is C40H70N10O15. The van der Waals surface area contributed by atoms with Crippen molar-refractivity contribution in [2.24, 2.45) is 29.2 Å². The lowest BCUT2D eigenvalue weighted by molar-refractivity contribution is -0.144. The molecule has 8 amide bonds. The average molecular weight is 931 g/mol. The maximum absolute atomic E-state index is 13.7. The first kappa shape index (κ1) is 57.5. The minimum absolute atomic E-state index is 0.0729. The van der Waals surface area contributed by atoms with Crippen LogP contribution in [0.4, 0.5) is 0 Å². The predicted octanol–water partition coefficient (Wildman–Crippen LogP) is -5.28. The molecule has 1 fully saturated rings. The summed E-state index contributed by atoms with van der Waals surface area (Å²) in [5.74, 6) is -12.5. The monoisotopic (exact) mass is 931 g/mol. The predicted molar refractivity (Wildman–Crippen MR) is 229 cm³/mol. The lowest BCUT2D eigenvalue weighted by Gasteiger charge is -2.30. The zero-order valence-corrected chi connectivity index (χ0v) is 38.0. The maximum Gasteiger partial charge on any atom is 0.326 e. The molecular weight excluding hydrogens is 860 g/mol. The van der Waals surface area contributed by atoms with Crippen molar-refractivity contribution in [3.8, 4) is 0 Å². The highest BCUT2D eigenvalue weighted by Gasteiger charge is 2.40. The van der Waals surface area contributed by atoms with E-state index in [1.165, 1.54) is 18.7 Å². The van der Waals surface area contributed by atoms with Crippen LogP contribution in [0.25, 0.3) is 0 Å². The standard InChI is InChI=1S/C40H70N10O15/c1-18(2)28(46-32(56)23(11-8-9-13-41)43-35(59)26-12-10-14-50(26)39(63)22(42)16-51)36(60)45-25(17-52)34(58)44-24(15-27(54)55)33(57)49-31(21(7)53)38(62)47-29(19(3)4)37(61)48-30(20(5)6)40(64)65/h18-26,28-31,51-53H,8-17,41-42H2,1-7H3,(H,43,59)(H,44,58)(H,45,60)(H,46,56)(H,47,62)(H,48,61)(H,49,57)(H,54,55)(H,64,65)/t21-,22+,23+,24+,25+,26+,28+,29+,30+,31+/m1/s1. The zero-order valence-electron chi connectivity index (χ0n) is 38.0. The van der Waals surface area contributed by atoms with Crippen LogP contribution in [0.3, 0.4) is 0 Å². The number of carbonyl (C=O) groups is 10. The van der Waals surface area contributed by atoms with E-state index in [0.717, 1.165) is 6.92 Å². The number of carboxylic acids is 2. The molecule has 0 radical (unpaired) electrons. The number of amides is 8. The summed E-state index contributed by atoms with van der Waals surface area (Å²) in [4.78, 5) is 131. The highest BCUT2D eigenvalue weighted by Crippen LogP contribution is 2.19. The lowest BCUT2D eigenvalue weighted by Crippen LogP contribution is -2.63. The third-order valence-corrected chi connectivity index (χ3v) is 10.5. The molecule has 1 aliphatic rings. The third kappa shape index (κ3) is 18.1. The van der Waals surface area contributed by atoms with Gasteiger partial charge in [-0.3, -0.25) is 43.2 Å². The van der Waals surface area contributed by atoms with E-state index >= 15 is 0 Å². The number of aliphatic hydroxyl groups is 3. The second-order valence-corrected chi connectivity index (χ2v) is 17.0. The van der Waals surface area contributed by atoms with Crippen molar-refractivity contribution in [3.05, 3.63) is 0 Å². The van der Waals surface area contributed by atoms with Gasteiger partial charge in [-0.25, -0.2) is 4.79 Å². The zero-order chi connectivity index (χ0) is 49.9. The number of nitrogens with one attached hydrogen (secondary N) is 7. The highest BCUT2D eigenvalue weighted by atomic mass is 16.4. The number of carboxylic acid groups (broad SMARTS) is 2. The molecule has 0 aromatic heterocycles. The Balaban J connectivity index is 3.23. The van der Waals surface area contributed by atoms with E-state index in [-0.39, 0.29) is 25.9 Å². The van der Waals surface area contributed by atoms with Crippen LogP contribution >= 0.6 is 0 Å². The highest BCUT2D eigenvalue weighted by molar-refractivity contribution is 5.99. The van der Waals surface area contributed by atoms with Gasteiger partial charge in [0.1, 0.15) is 54.4 Å². The van der Waals surface area contributed by atoms with Gasteiger partial charge in [0.2, 0.25) is 47.3 Å². The SMILES string of the molecule is CC(C)[C@H](NC(=O)[C@@H](NC(=O)[C@@H](NC(=O)[C@H](CC(=O)O)NC(=O)[C@H](CO)NC(=O)[C@@H](NC(=O)[C@H](CCCCN)NC(=O)[C@@H]1CCCN1C(=O)[C@@H](N)CO)C(C)C)[C@@H](C)O)C(C)C)C(=O)O. The van der Waals surface area contributed by atoms with Gasteiger partial charge in [0.25, 0.3) is 0 Å². The Bertz CT molecular complexity index is 1680. The van der Waals surface area contributed by atoms with E-state index in [1.807, 2.05) is 0 Å². The van der Waals surface area contributed by atoms with Gasteiger partial charge >= 0.3 is 11.9 Å². The Labute approximate surface area is 377 Å². The van der Waals surface area contributed by atoms with Crippen molar-refractivity contribution in [2.45, 2.75) is 147 Å². The fourth-order valence-electron chi connectivity index (χ4n) is 6.72. The molecule has 0 unspecified atom stereocenters. The van der Waals surface area contributed by atoms with Crippen LogP contribution < -0.4 is 48.7 Å². The first-order chi connectivity index (χ1) is 30.3. The molecule has 0 aliphatic carbocycles. The minimum Gasteiger partial charge on any atom is -0.481 e. The summed E-state index contributed by atoms with van der Waals surface area (Å²) in [5.41, 5.74) is 11.3. The van der Waals surface area contributed by atoms with E-state index in [9.17, 15) is 73.5 Å². The number of aliphatic carboxylic acids is 2. The Morgan fingerprint density at radius 1 is 0.600 bits per heavy atom. The molecule has 1 saturated heterocycles. The largest absolute Gasteiger partial charge is 0.481 e. The van der Waals surface area contributed by atoms with Gasteiger partial charge in [0.15, 0.2) is 0 Å². The molecule has 0 bridgehead atoms. The summed E-state index contributed by atoms with van der Waals surface area (Å²) >= 11 is 0. The van der Waals surface area contributed by atoms with Gasteiger partial charge in [-0.1, -0.05) is 41.5 Å². The molecule has 1 aliphatic heterocycles. The molecule has 0 spiro atoms. The Hall–Kier alpha value is -5.50. The van der Waals surface area contributed by atoms with E-state index in [2.05, 4.69) is 37.2 Å². The number of hydrogen-bond acceptors (Lipinski definition) is 15. The number of aliphatic hydroxyl groups excluding tert-OH is 3. The summed E-state index contributed by atoms with van der Waals surface area (Å²) in [6, 6.07) is -13.2. The van der Waals surface area contributed by atoms with Crippen molar-refractivity contribution in [3.63, 3.8) is 0 Å². The van der Waals surface area contributed by atoms with E-state index in [4.69, 9.17) is 11.5 Å². The van der Waals surface area contributed by atoms with Crippen molar-refractivity contribution in [1.29, 1.82) is 0 Å². The van der Waals surface area contributed by atoms with Crippen molar-refractivity contribution in [2.75, 3.05) is 26.3 Å². The summed E-state index contributed by atoms with van der Waals surface area (Å²) in [7, 11) is 0. The van der Waals surface area contributed by atoms with Crippen molar-refractivity contribution >= 4 is 59.2 Å². The Morgan fingerprint density at radius 2 is 1.06 bits per heavy atom. The minimum atomic E-state index is -1.98. The quantitative estimate of drug-likeness (QED) is 0.0326. The molecule has 0 saturated carbocycles. The molecule has 25 nitrogen and oxygen atoms in total. The van der Waals surface area contributed by atoms with E-state index in [1.54, 1.807) is 27.7 Å². The Kier molecular flexibility index (Phi) is 24.5. The summed E-state index contributed by atoms with van der Waals surface area (Å²) in [6.07, 6.45) is -1.12. The smallest absolute Gasteiger partial charge is 0.326 e. The number of nitrogens with two attached hydrogens (primary N) is 2. The number of carbonyl (C=O) groups excluding carboxylic acids is 8. The van der Waals surface area contributed by atoms with Gasteiger partial charge < -0.3 is 79.1 Å². The van der Waals surface area contributed by atoms with Crippen LogP contribution in [0.1, 0.15) is 87.0 Å². The average Bonchev–Trinajstić information content (AvgIpc) is 3.72. The van der Waals surface area contributed by atoms with Crippen LogP contribution in [0.15, 0.2) is 0 Å². The van der Waals surface area contributed by atoms with Gasteiger partial charge in [-0.05, 0) is 63.3 Å². The fraction of sp³-hybridized carbons (Fsp3) is 0.750. The molecule has 1 rings (SSSR count). The summed E-state index contributed by atoms with van der Waals surface area (Å²) < 4.78 is 0. The number of unbranched alkanes of at least 4 members (excludes halogenated alkanes) is 1. The number of rotatable bonds is 28. The van der Waals surface area contributed by atoms with E-state index < -0.39 is 157 Å². The van der Waals surface area contributed by atoms with Crippen LogP contribution in [0.5, 0.6) is 0 Å². The molecule has 10 atom stereocenters. The second kappa shape index (κ2) is 27.7. The molecule has 1 heterocycles. The number of nitrogens with zero attached hydrogens (tertiary/aromatic N) is 1. The molecule has 25 heteroatoms. The van der Waals surface area contributed by atoms with Crippen LogP contribution in [0.2, 0.25) is 0 Å². The molecule has 16 N–H and O–H groups in total. The van der Waals surface area contributed by atoms with Crippen LogP contribution in [-0.4, -0.2) is 176 Å². The van der Waals surface area contributed by atoms with Crippen molar-refractivity contribution < 1.29 is 73.5 Å². The molecule has 0 aromatic rings. The third-order valence-electron chi connectivity index (χ3n) is 10.5. The Morgan fingerprint density at radius 3 is 1.54 bits per heavy atom. The fourth-order valence-corrected chi connectivity index (χ4v) is 6.72.